The first-order valence-electron chi connectivity index (χ1n) is 12.4. The Hall–Kier alpha value is -3.71. The highest BCUT2D eigenvalue weighted by Crippen LogP contribution is 2.37. The van der Waals surface area contributed by atoms with Crippen LogP contribution >= 0.6 is 11.6 Å². The van der Waals surface area contributed by atoms with Crippen molar-refractivity contribution in [3.63, 3.8) is 0 Å². The lowest BCUT2D eigenvalue weighted by atomic mass is 9.77. The van der Waals surface area contributed by atoms with Gasteiger partial charge in [0.2, 0.25) is 0 Å². The number of halogens is 2. The first kappa shape index (κ1) is 25.0. The molecular formula is C29H27ClFN3O3. The Labute approximate surface area is 219 Å². The topological polar surface area (TPSA) is 83.7 Å². The Bertz CT molecular complexity index is 1440. The zero-order valence-electron chi connectivity index (χ0n) is 20.2. The molecule has 0 saturated heterocycles. The fraction of sp³-hybridized carbons (Fsp3) is 0.276. The summed E-state index contributed by atoms with van der Waals surface area (Å²) in [7, 11) is 0. The number of fused-ring (bicyclic) bond motifs is 1. The number of hydrogen-bond acceptors (Lipinski definition) is 3. The Kier molecular flexibility index (Phi) is 7.24. The second kappa shape index (κ2) is 10.7. The maximum Gasteiger partial charge on any atom is 0.303 e. The Morgan fingerprint density at radius 1 is 1.00 bits per heavy atom. The number of aromatic nitrogens is 2. The van der Waals surface area contributed by atoms with E-state index in [-0.39, 0.29) is 23.9 Å². The van der Waals surface area contributed by atoms with Crippen LogP contribution in [0.3, 0.4) is 0 Å². The van der Waals surface area contributed by atoms with Crippen LogP contribution in [0.1, 0.15) is 59.6 Å². The number of carbonyl (C=O) groups is 2. The standard InChI is InChI=1S/C29H27ClFN3O3/c30-24-13-19(3-11-25(24)31)15-32-29(37)26-17-34-16-23(10-12-27(34)33-26)22-8-6-21(7-9-22)20-4-1-18(2-5-20)14-28(35)36/h3,6-13,16-18,20H,1-2,4-5,14-15H2,(H,32,37)(H,35,36). The van der Waals surface area contributed by atoms with E-state index in [0.717, 1.165) is 36.8 Å². The molecule has 1 fully saturated rings. The van der Waals surface area contributed by atoms with Crippen LogP contribution in [0.15, 0.2) is 67.0 Å². The summed E-state index contributed by atoms with van der Waals surface area (Å²) >= 11 is 5.81. The summed E-state index contributed by atoms with van der Waals surface area (Å²) in [6.45, 7) is 0.214. The summed E-state index contributed by atoms with van der Waals surface area (Å²) in [5.41, 5.74) is 5.02. The second-order valence-corrected chi connectivity index (χ2v) is 10.1. The molecule has 1 saturated carbocycles. The van der Waals surface area contributed by atoms with Gasteiger partial charge in [0.1, 0.15) is 17.2 Å². The van der Waals surface area contributed by atoms with Gasteiger partial charge in [-0.2, -0.15) is 0 Å². The van der Waals surface area contributed by atoms with Crippen LogP contribution in [0.25, 0.3) is 16.8 Å². The molecule has 0 bridgehead atoms. The lowest BCUT2D eigenvalue weighted by molar-refractivity contribution is -0.138. The third-order valence-electron chi connectivity index (χ3n) is 7.15. The highest BCUT2D eigenvalue weighted by atomic mass is 35.5. The molecule has 0 radical (unpaired) electrons. The number of aliphatic carboxylic acids is 1. The van der Waals surface area contributed by atoms with Crippen molar-refractivity contribution in [1.29, 1.82) is 0 Å². The predicted molar refractivity (Wildman–Crippen MR) is 140 cm³/mol. The fourth-order valence-corrected chi connectivity index (χ4v) is 5.29. The number of carbonyl (C=O) groups excluding carboxylic acids is 1. The molecule has 190 valence electrons. The number of imidazole rings is 1. The zero-order chi connectivity index (χ0) is 25.9. The molecule has 0 spiro atoms. The summed E-state index contributed by atoms with van der Waals surface area (Å²) in [5, 5.41) is 11.8. The maximum atomic E-state index is 13.3. The number of amides is 1. The molecule has 5 rings (SSSR count). The van der Waals surface area contributed by atoms with E-state index < -0.39 is 11.8 Å². The predicted octanol–water partition coefficient (Wildman–Crippen LogP) is 6.47. The summed E-state index contributed by atoms with van der Waals surface area (Å²) < 4.78 is 15.2. The van der Waals surface area contributed by atoms with E-state index in [9.17, 15) is 14.0 Å². The third kappa shape index (κ3) is 5.83. The molecular weight excluding hydrogens is 493 g/mol. The SMILES string of the molecule is O=C(O)CC1CCC(c2ccc(-c3ccc4nc(C(=O)NCc5ccc(F)c(Cl)c5)cn4c3)cc2)CC1. The number of benzene rings is 2. The van der Waals surface area contributed by atoms with Crippen molar-refractivity contribution in [3.8, 4) is 11.1 Å². The molecule has 1 aliphatic rings. The molecule has 6 nitrogen and oxygen atoms in total. The van der Waals surface area contributed by atoms with Gasteiger partial charge in [0.15, 0.2) is 0 Å². The van der Waals surface area contributed by atoms with Gasteiger partial charge in [0.05, 0.1) is 5.02 Å². The van der Waals surface area contributed by atoms with Crippen molar-refractivity contribution >= 4 is 29.1 Å². The third-order valence-corrected chi connectivity index (χ3v) is 7.44. The average Bonchev–Trinajstić information content (AvgIpc) is 3.33. The minimum Gasteiger partial charge on any atom is -0.481 e. The molecule has 1 amide bonds. The number of nitrogens with one attached hydrogen (secondary N) is 1. The monoisotopic (exact) mass is 519 g/mol. The smallest absolute Gasteiger partial charge is 0.303 e. The van der Waals surface area contributed by atoms with Crippen molar-refractivity contribution in [2.24, 2.45) is 5.92 Å². The lowest BCUT2D eigenvalue weighted by Crippen LogP contribution is -2.23. The van der Waals surface area contributed by atoms with E-state index in [1.54, 1.807) is 12.3 Å². The lowest BCUT2D eigenvalue weighted by Gasteiger charge is -2.28. The molecule has 0 aliphatic heterocycles. The summed E-state index contributed by atoms with van der Waals surface area (Å²) in [5.74, 6) is -0.757. The van der Waals surface area contributed by atoms with Crippen molar-refractivity contribution in [1.82, 2.24) is 14.7 Å². The van der Waals surface area contributed by atoms with E-state index in [4.69, 9.17) is 16.7 Å². The van der Waals surface area contributed by atoms with Crippen LogP contribution < -0.4 is 5.32 Å². The fourth-order valence-electron chi connectivity index (χ4n) is 5.09. The Balaban J connectivity index is 1.24. The van der Waals surface area contributed by atoms with Crippen molar-refractivity contribution in [2.75, 3.05) is 0 Å². The van der Waals surface area contributed by atoms with Gasteiger partial charge >= 0.3 is 5.97 Å². The second-order valence-electron chi connectivity index (χ2n) is 9.68. The van der Waals surface area contributed by atoms with Gasteiger partial charge in [0.25, 0.3) is 5.91 Å². The normalized spacial score (nSPS) is 17.6. The van der Waals surface area contributed by atoms with Gasteiger partial charge in [-0.25, -0.2) is 9.37 Å². The number of nitrogens with zero attached hydrogens (tertiary/aromatic N) is 2. The molecule has 0 unspecified atom stereocenters. The molecule has 2 heterocycles. The molecule has 8 heteroatoms. The van der Waals surface area contributed by atoms with Crippen molar-refractivity contribution in [3.05, 3.63) is 94.7 Å². The van der Waals surface area contributed by atoms with Gasteiger partial charge in [-0.05, 0) is 84.0 Å². The van der Waals surface area contributed by atoms with E-state index in [1.807, 2.05) is 22.7 Å². The number of pyridine rings is 1. The molecule has 1 aliphatic carbocycles. The van der Waals surface area contributed by atoms with Gasteiger partial charge in [-0.3, -0.25) is 9.59 Å². The largest absolute Gasteiger partial charge is 0.481 e. The first-order chi connectivity index (χ1) is 17.9. The van der Waals surface area contributed by atoms with E-state index in [1.165, 1.54) is 17.7 Å². The zero-order valence-corrected chi connectivity index (χ0v) is 20.9. The molecule has 0 atom stereocenters. The average molecular weight is 520 g/mol. The number of carboxylic acids is 1. The summed E-state index contributed by atoms with van der Waals surface area (Å²) in [4.78, 5) is 28.0. The Morgan fingerprint density at radius 3 is 2.43 bits per heavy atom. The van der Waals surface area contributed by atoms with E-state index in [0.29, 0.717) is 28.7 Å². The van der Waals surface area contributed by atoms with Crippen LogP contribution in [-0.4, -0.2) is 26.4 Å². The van der Waals surface area contributed by atoms with Crippen molar-refractivity contribution < 1.29 is 19.1 Å². The van der Waals surface area contributed by atoms with Gasteiger partial charge in [0, 0.05) is 25.4 Å². The van der Waals surface area contributed by atoms with Crippen molar-refractivity contribution in [2.45, 2.75) is 44.6 Å². The number of rotatable bonds is 7. The minimum atomic E-state index is -0.703. The van der Waals surface area contributed by atoms with Crippen LogP contribution in [0, 0.1) is 11.7 Å². The highest BCUT2D eigenvalue weighted by molar-refractivity contribution is 6.30. The van der Waals surface area contributed by atoms with Gasteiger partial charge in [-0.1, -0.05) is 41.9 Å². The maximum absolute atomic E-state index is 13.3. The van der Waals surface area contributed by atoms with Crippen LogP contribution in [0.5, 0.6) is 0 Å². The Morgan fingerprint density at radius 2 is 1.73 bits per heavy atom. The number of hydrogen-bond donors (Lipinski definition) is 2. The van der Waals surface area contributed by atoms with Gasteiger partial charge in [-0.15, -0.1) is 0 Å². The molecule has 4 aromatic rings. The highest BCUT2D eigenvalue weighted by Gasteiger charge is 2.24. The minimum absolute atomic E-state index is 0.0168. The summed E-state index contributed by atoms with van der Waals surface area (Å²) in [6, 6.07) is 16.7. The first-order valence-corrected chi connectivity index (χ1v) is 12.8. The molecule has 2 N–H and O–H groups in total. The molecule has 2 aromatic heterocycles. The quantitative estimate of drug-likeness (QED) is 0.293. The van der Waals surface area contributed by atoms with Crippen LogP contribution in [0.2, 0.25) is 5.02 Å². The van der Waals surface area contributed by atoms with Crippen LogP contribution in [-0.2, 0) is 11.3 Å². The van der Waals surface area contributed by atoms with Crippen LogP contribution in [0.4, 0.5) is 4.39 Å². The molecule has 37 heavy (non-hydrogen) atoms. The van der Waals surface area contributed by atoms with Gasteiger partial charge < -0.3 is 14.8 Å². The molecule has 2 aromatic carbocycles. The summed E-state index contributed by atoms with van der Waals surface area (Å²) in [6.07, 6.45) is 7.89. The van der Waals surface area contributed by atoms with E-state index >= 15 is 0 Å². The number of carboxylic acid groups (broad SMARTS) is 1. The van der Waals surface area contributed by atoms with E-state index in [2.05, 4.69) is 34.6 Å².